The lowest BCUT2D eigenvalue weighted by Crippen LogP contribution is -2.43. The second-order valence-corrected chi connectivity index (χ2v) is 6.05. The van der Waals surface area contributed by atoms with Gasteiger partial charge in [0, 0.05) is 37.3 Å². The molecule has 0 aliphatic heterocycles. The lowest BCUT2D eigenvalue weighted by atomic mass is 10.0. The average molecular weight is 297 g/mol. The van der Waals surface area contributed by atoms with Crippen LogP contribution in [0.5, 0.6) is 0 Å². The Morgan fingerprint density at radius 2 is 2.20 bits per heavy atom. The number of hydrogen-bond acceptors (Lipinski definition) is 3. The highest BCUT2D eigenvalue weighted by atomic mass is 35.5. The first-order chi connectivity index (χ1) is 9.67. The molecule has 2 unspecified atom stereocenters. The van der Waals surface area contributed by atoms with Crippen LogP contribution in [0, 0.1) is 5.92 Å². The minimum Gasteiger partial charge on any atom is -0.383 e. The molecular weight excluding hydrogens is 272 g/mol. The SMILES string of the molecule is COCCN(C(CN)c1cccc(Cl)c1)C(C)C1CC1. The zero-order valence-electron chi connectivity index (χ0n) is 12.4. The van der Waals surface area contributed by atoms with E-state index in [0.29, 0.717) is 12.6 Å². The molecule has 0 bridgehead atoms. The Morgan fingerprint density at radius 1 is 1.45 bits per heavy atom. The number of halogens is 1. The predicted octanol–water partition coefficient (Wildman–Crippen LogP) is 3.09. The fourth-order valence-electron chi connectivity index (χ4n) is 2.87. The van der Waals surface area contributed by atoms with E-state index in [9.17, 15) is 0 Å². The Kier molecular flexibility index (Phi) is 5.85. The molecule has 0 amide bonds. The van der Waals surface area contributed by atoms with Crippen molar-refractivity contribution in [2.24, 2.45) is 11.7 Å². The molecule has 1 fully saturated rings. The van der Waals surface area contributed by atoms with Gasteiger partial charge in [0.05, 0.1) is 6.61 Å². The van der Waals surface area contributed by atoms with Crippen molar-refractivity contribution in [3.8, 4) is 0 Å². The van der Waals surface area contributed by atoms with Gasteiger partial charge in [-0.2, -0.15) is 0 Å². The summed E-state index contributed by atoms with van der Waals surface area (Å²) in [5, 5.41) is 0.770. The van der Waals surface area contributed by atoms with Crippen LogP contribution in [0.1, 0.15) is 31.4 Å². The van der Waals surface area contributed by atoms with Gasteiger partial charge in [0.15, 0.2) is 0 Å². The lowest BCUT2D eigenvalue weighted by molar-refractivity contribution is 0.0835. The second kappa shape index (κ2) is 7.41. The van der Waals surface area contributed by atoms with E-state index in [1.54, 1.807) is 7.11 Å². The fourth-order valence-corrected chi connectivity index (χ4v) is 3.06. The molecule has 0 spiro atoms. The van der Waals surface area contributed by atoms with Crippen molar-refractivity contribution in [2.45, 2.75) is 31.8 Å². The average Bonchev–Trinajstić information content (AvgIpc) is 3.27. The van der Waals surface area contributed by atoms with Gasteiger partial charge < -0.3 is 10.5 Å². The molecule has 0 saturated heterocycles. The quantitative estimate of drug-likeness (QED) is 0.801. The summed E-state index contributed by atoms with van der Waals surface area (Å²) in [4.78, 5) is 2.48. The van der Waals surface area contributed by atoms with Gasteiger partial charge in [0.1, 0.15) is 0 Å². The van der Waals surface area contributed by atoms with Crippen molar-refractivity contribution >= 4 is 11.6 Å². The van der Waals surface area contributed by atoms with Crippen molar-refractivity contribution < 1.29 is 4.74 Å². The van der Waals surface area contributed by atoms with Gasteiger partial charge in [-0.15, -0.1) is 0 Å². The molecule has 2 rings (SSSR count). The van der Waals surface area contributed by atoms with Crippen molar-refractivity contribution in [3.05, 3.63) is 34.9 Å². The van der Waals surface area contributed by atoms with E-state index in [4.69, 9.17) is 22.1 Å². The summed E-state index contributed by atoms with van der Waals surface area (Å²) >= 11 is 6.13. The highest BCUT2D eigenvalue weighted by molar-refractivity contribution is 6.30. The van der Waals surface area contributed by atoms with Crippen LogP contribution in [0.3, 0.4) is 0 Å². The second-order valence-electron chi connectivity index (χ2n) is 5.62. The summed E-state index contributed by atoms with van der Waals surface area (Å²) in [6.45, 7) is 4.54. The summed E-state index contributed by atoms with van der Waals surface area (Å²) in [5.41, 5.74) is 7.26. The standard InChI is InChI=1S/C16H25ClN2O/c1-12(13-6-7-13)19(8-9-20-2)16(11-18)14-4-3-5-15(17)10-14/h3-5,10,12-13,16H,6-9,11,18H2,1-2H3. The Labute approximate surface area is 127 Å². The number of nitrogens with zero attached hydrogens (tertiary/aromatic N) is 1. The number of benzene rings is 1. The molecule has 112 valence electrons. The monoisotopic (exact) mass is 296 g/mol. The summed E-state index contributed by atoms with van der Waals surface area (Å²) in [7, 11) is 1.75. The molecule has 2 N–H and O–H groups in total. The van der Waals surface area contributed by atoms with E-state index in [2.05, 4.69) is 17.9 Å². The molecule has 1 aliphatic carbocycles. The van der Waals surface area contributed by atoms with Crippen LogP contribution in [0.25, 0.3) is 0 Å². The summed E-state index contributed by atoms with van der Waals surface area (Å²) < 4.78 is 5.27. The molecule has 2 atom stereocenters. The van der Waals surface area contributed by atoms with Gasteiger partial charge in [-0.3, -0.25) is 4.90 Å². The molecule has 0 aromatic heterocycles. The zero-order chi connectivity index (χ0) is 14.5. The van der Waals surface area contributed by atoms with Crippen LogP contribution in [-0.2, 0) is 4.74 Å². The largest absolute Gasteiger partial charge is 0.383 e. The Balaban J connectivity index is 2.18. The first-order valence-electron chi connectivity index (χ1n) is 7.37. The first kappa shape index (κ1) is 15.8. The Morgan fingerprint density at radius 3 is 2.75 bits per heavy atom. The van der Waals surface area contributed by atoms with Gasteiger partial charge in [-0.25, -0.2) is 0 Å². The minimum atomic E-state index is 0.208. The predicted molar refractivity (Wildman–Crippen MR) is 84.0 cm³/mol. The van der Waals surface area contributed by atoms with Gasteiger partial charge in [-0.05, 0) is 43.4 Å². The third kappa shape index (κ3) is 3.95. The highest BCUT2D eigenvalue weighted by Crippen LogP contribution is 2.38. The molecule has 1 aromatic carbocycles. The zero-order valence-corrected chi connectivity index (χ0v) is 13.1. The fraction of sp³-hybridized carbons (Fsp3) is 0.625. The van der Waals surface area contributed by atoms with Crippen molar-refractivity contribution in [1.82, 2.24) is 4.90 Å². The molecule has 0 radical (unpaired) electrons. The van der Waals surface area contributed by atoms with E-state index in [1.165, 1.54) is 18.4 Å². The van der Waals surface area contributed by atoms with E-state index >= 15 is 0 Å². The molecular formula is C16H25ClN2O. The number of nitrogens with two attached hydrogens (primary N) is 1. The number of hydrogen-bond donors (Lipinski definition) is 1. The van der Waals surface area contributed by atoms with E-state index < -0.39 is 0 Å². The minimum absolute atomic E-state index is 0.208. The third-order valence-corrected chi connectivity index (χ3v) is 4.47. The topological polar surface area (TPSA) is 38.5 Å². The Hall–Kier alpha value is -0.610. The van der Waals surface area contributed by atoms with E-state index in [0.717, 1.165) is 24.1 Å². The van der Waals surface area contributed by atoms with Crippen LogP contribution >= 0.6 is 11.6 Å². The van der Waals surface area contributed by atoms with Crippen molar-refractivity contribution in [2.75, 3.05) is 26.8 Å². The Bertz CT molecular complexity index is 423. The van der Waals surface area contributed by atoms with Gasteiger partial charge in [-0.1, -0.05) is 23.7 Å². The number of methoxy groups -OCH3 is 1. The normalized spacial score (nSPS) is 18.2. The lowest BCUT2D eigenvalue weighted by Gasteiger charge is -2.36. The summed E-state index contributed by atoms with van der Waals surface area (Å²) in [6.07, 6.45) is 2.66. The maximum absolute atomic E-state index is 6.13. The molecule has 3 nitrogen and oxygen atoms in total. The van der Waals surface area contributed by atoms with E-state index in [-0.39, 0.29) is 6.04 Å². The number of rotatable bonds is 8. The van der Waals surface area contributed by atoms with Crippen LogP contribution in [-0.4, -0.2) is 37.7 Å². The third-order valence-electron chi connectivity index (χ3n) is 4.24. The van der Waals surface area contributed by atoms with Crippen LogP contribution in [0.2, 0.25) is 5.02 Å². The molecule has 1 aromatic rings. The van der Waals surface area contributed by atoms with Gasteiger partial charge in [0.2, 0.25) is 0 Å². The maximum atomic E-state index is 6.13. The van der Waals surface area contributed by atoms with Gasteiger partial charge in [0.25, 0.3) is 0 Å². The van der Waals surface area contributed by atoms with Crippen molar-refractivity contribution in [3.63, 3.8) is 0 Å². The van der Waals surface area contributed by atoms with Crippen LogP contribution in [0.4, 0.5) is 0 Å². The highest BCUT2D eigenvalue weighted by Gasteiger charge is 2.35. The molecule has 0 heterocycles. The van der Waals surface area contributed by atoms with Crippen LogP contribution < -0.4 is 5.73 Å². The van der Waals surface area contributed by atoms with E-state index in [1.807, 2.05) is 18.2 Å². The maximum Gasteiger partial charge on any atom is 0.0590 e. The molecule has 1 aliphatic rings. The first-order valence-corrected chi connectivity index (χ1v) is 7.75. The van der Waals surface area contributed by atoms with Gasteiger partial charge >= 0.3 is 0 Å². The summed E-state index contributed by atoms with van der Waals surface area (Å²) in [5.74, 6) is 0.806. The summed E-state index contributed by atoms with van der Waals surface area (Å²) in [6, 6.07) is 8.79. The van der Waals surface area contributed by atoms with Crippen LogP contribution in [0.15, 0.2) is 24.3 Å². The van der Waals surface area contributed by atoms with Crippen molar-refractivity contribution in [1.29, 1.82) is 0 Å². The molecule has 4 heteroatoms. The molecule has 20 heavy (non-hydrogen) atoms. The number of ether oxygens (including phenoxy) is 1. The molecule has 1 saturated carbocycles. The smallest absolute Gasteiger partial charge is 0.0590 e.